The second-order valence-electron chi connectivity index (χ2n) is 6.93. The van der Waals surface area contributed by atoms with Crippen molar-refractivity contribution in [1.29, 1.82) is 0 Å². The van der Waals surface area contributed by atoms with E-state index in [2.05, 4.69) is 34.5 Å². The highest BCUT2D eigenvalue weighted by Crippen LogP contribution is 2.17. The van der Waals surface area contributed by atoms with Crippen molar-refractivity contribution in [1.82, 2.24) is 4.90 Å². The highest BCUT2D eigenvalue weighted by molar-refractivity contribution is 5.90. The first-order valence-electron chi connectivity index (χ1n) is 9.47. The van der Waals surface area contributed by atoms with Gasteiger partial charge in [-0.05, 0) is 74.2 Å². The first kappa shape index (κ1) is 18.5. The van der Waals surface area contributed by atoms with Crippen LogP contribution in [0.3, 0.4) is 0 Å². The molecular weight excluding hydrogens is 324 g/mol. The summed E-state index contributed by atoms with van der Waals surface area (Å²) in [5.41, 5.74) is 3.39. The number of hydrogen-bond donors (Lipinski definition) is 1. The van der Waals surface area contributed by atoms with Gasteiger partial charge in [-0.15, -0.1) is 0 Å². The average molecular weight is 352 g/mol. The molecule has 4 heteroatoms. The molecule has 3 rings (SSSR count). The average Bonchev–Trinajstić information content (AvgIpc) is 3.15. The fraction of sp³-hybridized carbons (Fsp3) is 0.409. The van der Waals surface area contributed by atoms with Crippen LogP contribution in [0.4, 0.5) is 5.69 Å². The molecule has 1 aliphatic rings. The summed E-state index contributed by atoms with van der Waals surface area (Å²) >= 11 is 0. The first-order valence-corrected chi connectivity index (χ1v) is 9.47. The number of carbonyl (C=O) groups is 1. The van der Waals surface area contributed by atoms with E-state index in [0.29, 0.717) is 6.42 Å². The number of likely N-dealkylation sites (tertiary alicyclic amines) is 1. The number of nitrogens with one attached hydrogen (secondary N) is 1. The van der Waals surface area contributed by atoms with Gasteiger partial charge in [-0.1, -0.05) is 24.3 Å². The van der Waals surface area contributed by atoms with Gasteiger partial charge in [0.1, 0.15) is 5.75 Å². The minimum atomic E-state index is 0.0804. The molecule has 0 aromatic heterocycles. The molecule has 1 saturated heterocycles. The molecule has 0 atom stereocenters. The second kappa shape index (κ2) is 9.39. The van der Waals surface area contributed by atoms with Gasteiger partial charge in [0.15, 0.2) is 0 Å². The number of ether oxygens (including phenoxy) is 1. The highest BCUT2D eigenvalue weighted by Gasteiger charge is 2.12. The van der Waals surface area contributed by atoms with Crippen LogP contribution in [0.15, 0.2) is 48.5 Å². The number of aryl methyl sites for hydroxylation is 1. The van der Waals surface area contributed by atoms with Crippen molar-refractivity contribution in [3.63, 3.8) is 0 Å². The fourth-order valence-corrected chi connectivity index (χ4v) is 3.42. The van der Waals surface area contributed by atoms with Crippen LogP contribution in [0.25, 0.3) is 0 Å². The Bertz CT molecular complexity index is 706. The Morgan fingerprint density at radius 1 is 1.08 bits per heavy atom. The molecule has 1 fully saturated rings. The number of methoxy groups -OCH3 is 1. The van der Waals surface area contributed by atoms with E-state index >= 15 is 0 Å². The quantitative estimate of drug-likeness (QED) is 0.772. The smallest absolute Gasteiger partial charge is 0.224 e. The van der Waals surface area contributed by atoms with Gasteiger partial charge >= 0.3 is 0 Å². The molecule has 1 N–H and O–H groups in total. The third kappa shape index (κ3) is 5.60. The summed E-state index contributed by atoms with van der Waals surface area (Å²) in [5, 5.41) is 3.03. The molecule has 2 aromatic rings. The molecule has 4 nitrogen and oxygen atoms in total. The van der Waals surface area contributed by atoms with Crippen molar-refractivity contribution in [3.05, 3.63) is 59.7 Å². The summed E-state index contributed by atoms with van der Waals surface area (Å²) in [4.78, 5) is 14.7. The van der Waals surface area contributed by atoms with Crippen LogP contribution >= 0.6 is 0 Å². The van der Waals surface area contributed by atoms with Gasteiger partial charge in [-0.25, -0.2) is 0 Å². The van der Waals surface area contributed by atoms with Crippen molar-refractivity contribution in [3.8, 4) is 5.75 Å². The Balaban J connectivity index is 1.43. The fourth-order valence-electron chi connectivity index (χ4n) is 3.42. The lowest BCUT2D eigenvalue weighted by Gasteiger charge is -2.15. The molecule has 1 aliphatic heterocycles. The third-order valence-corrected chi connectivity index (χ3v) is 4.84. The van der Waals surface area contributed by atoms with E-state index in [4.69, 9.17) is 4.74 Å². The Hall–Kier alpha value is -2.33. The largest absolute Gasteiger partial charge is 0.497 e. The molecule has 1 heterocycles. The van der Waals surface area contributed by atoms with Crippen LogP contribution in [0.2, 0.25) is 0 Å². The van der Waals surface area contributed by atoms with Crippen LogP contribution in [-0.4, -0.2) is 31.0 Å². The van der Waals surface area contributed by atoms with Gasteiger partial charge in [0.25, 0.3) is 0 Å². The molecule has 0 aliphatic carbocycles. The summed E-state index contributed by atoms with van der Waals surface area (Å²) in [6.07, 6.45) is 4.86. The zero-order chi connectivity index (χ0) is 18.2. The van der Waals surface area contributed by atoms with Crippen molar-refractivity contribution in [2.24, 2.45) is 0 Å². The van der Waals surface area contributed by atoms with Crippen molar-refractivity contribution in [2.45, 2.75) is 38.6 Å². The molecule has 0 saturated carbocycles. The predicted molar refractivity (Wildman–Crippen MR) is 106 cm³/mol. The van der Waals surface area contributed by atoms with Gasteiger partial charge in [0, 0.05) is 18.7 Å². The van der Waals surface area contributed by atoms with Gasteiger partial charge in [-0.3, -0.25) is 9.69 Å². The first-order chi connectivity index (χ1) is 12.7. The highest BCUT2D eigenvalue weighted by atomic mass is 16.5. The van der Waals surface area contributed by atoms with Gasteiger partial charge < -0.3 is 10.1 Å². The lowest BCUT2D eigenvalue weighted by Crippen LogP contribution is -2.18. The topological polar surface area (TPSA) is 41.6 Å². The van der Waals surface area contributed by atoms with Crippen LogP contribution < -0.4 is 10.1 Å². The number of carbonyl (C=O) groups excluding carboxylic acids is 1. The zero-order valence-electron chi connectivity index (χ0n) is 15.5. The number of nitrogens with zero attached hydrogens (tertiary/aromatic N) is 1. The summed E-state index contributed by atoms with van der Waals surface area (Å²) < 4.78 is 5.16. The van der Waals surface area contributed by atoms with Crippen LogP contribution in [0.1, 0.15) is 36.8 Å². The van der Waals surface area contributed by atoms with E-state index in [9.17, 15) is 4.79 Å². The molecule has 0 radical (unpaired) electrons. The van der Waals surface area contributed by atoms with E-state index in [1.165, 1.54) is 37.1 Å². The van der Waals surface area contributed by atoms with Gasteiger partial charge in [0.2, 0.25) is 5.91 Å². The molecule has 0 unspecified atom stereocenters. The Morgan fingerprint density at radius 2 is 1.85 bits per heavy atom. The van der Waals surface area contributed by atoms with E-state index in [1.54, 1.807) is 7.11 Å². The molecule has 26 heavy (non-hydrogen) atoms. The predicted octanol–water partition coefficient (Wildman–Crippen LogP) is 4.25. The number of anilines is 1. The molecule has 0 bridgehead atoms. The molecule has 138 valence electrons. The maximum atomic E-state index is 12.2. The molecular formula is C22H28N2O2. The van der Waals surface area contributed by atoms with E-state index in [0.717, 1.165) is 30.8 Å². The van der Waals surface area contributed by atoms with Crippen molar-refractivity contribution in [2.75, 3.05) is 25.5 Å². The normalized spacial score (nSPS) is 14.3. The van der Waals surface area contributed by atoms with Crippen molar-refractivity contribution < 1.29 is 9.53 Å². The molecule has 0 spiro atoms. The minimum Gasteiger partial charge on any atom is -0.497 e. The minimum absolute atomic E-state index is 0.0804. The van der Waals surface area contributed by atoms with Gasteiger partial charge in [-0.2, -0.15) is 0 Å². The van der Waals surface area contributed by atoms with Crippen LogP contribution in [-0.2, 0) is 17.8 Å². The summed E-state index contributed by atoms with van der Waals surface area (Å²) in [7, 11) is 1.67. The van der Waals surface area contributed by atoms with E-state index in [-0.39, 0.29) is 5.91 Å². The summed E-state index contributed by atoms with van der Waals surface area (Å²) in [5.74, 6) is 0.942. The third-order valence-electron chi connectivity index (χ3n) is 4.84. The zero-order valence-corrected chi connectivity index (χ0v) is 15.5. The number of benzene rings is 2. The molecule has 2 aromatic carbocycles. The van der Waals surface area contributed by atoms with Gasteiger partial charge in [0.05, 0.1) is 7.11 Å². The Kier molecular flexibility index (Phi) is 6.67. The maximum Gasteiger partial charge on any atom is 0.224 e. The van der Waals surface area contributed by atoms with E-state index < -0.39 is 0 Å². The molecule has 1 amide bonds. The lowest BCUT2D eigenvalue weighted by molar-refractivity contribution is -0.116. The lowest BCUT2D eigenvalue weighted by atomic mass is 10.1. The number of rotatable bonds is 8. The number of hydrogen-bond acceptors (Lipinski definition) is 3. The summed E-state index contributed by atoms with van der Waals surface area (Å²) in [6.45, 7) is 3.34. The standard InChI is InChI=1S/C22H28N2O2/c1-26-21-12-10-18(11-13-21)6-5-9-22(25)23-20-8-4-7-19(16-20)17-24-14-2-3-15-24/h4,7-8,10-13,16H,2-3,5-6,9,14-15,17H2,1H3,(H,23,25). The second-order valence-corrected chi connectivity index (χ2v) is 6.93. The Morgan fingerprint density at radius 3 is 2.58 bits per heavy atom. The Labute approximate surface area is 156 Å². The number of amides is 1. The van der Waals surface area contributed by atoms with Crippen LogP contribution in [0, 0.1) is 0 Å². The SMILES string of the molecule is COc1ccc(CCCC(=O)Nc2cccc(CN3CCCC3)c2)cc1. The van der Waals surface area contributed by atoms with E-state index in [1.807, 2.05) is 24.3 Å². The summed E-state index contributed by atoms with van der Waals surface area (Å²) in [6, 6.07) is 16.3. The maximum absolute atomic E-state index is 12.2. The van der Waals surface area contributed by atoms with Crippen molar-refractivity contribution >= 4 is 11.6 Å². The monoisotopic (exact) mass is 352 g/mol. The van der Waals surface area contributed by atoms with Crippen LogP contribution in [0.5, 0.6) is 5.75 Å².